The Morgan fingerprint density at radius 3 is 2.72 bits per heavy atom. The van der Waals surface area contributed by atoms with Crippen LogP contribution < -0.4 is 10.2 Å². The van der Waals surface area contributed by atoms with Crippen molar-refractivity contribution in [3.63, 3.8) is 0 Å². The lowest BCUT2D eigenvalue weighted by molar-refractivity contribution is 0.440. The van der Waals surface area contributed by atoms with Gasteiger partial charge in [-0.25, -0.2) is 4.98 Å². The molecule has 4 rings (SSSR count). The van der Waals surface area contributed by atoms with Gasteiger partial charge in [-0.15, -0.1) is 10.2 Å². The van der Waals surface area contributed by atoms with Crippen molar-refractivity contribution >= 4 is 16.6 Å². The van der Waals surface area contributed by atoms with E-state index in [1.807, 2.05) is 19.2 Å². The highest BCUT2D eigenvalue weighted by atomic mass is 16.3. The van der Waals surface area contributed by atoms with Crippen molar-refractivity contribution < 1.29 is 5.11 Å². The van der Waals surface area contributed by atoms with Gasteiger partial charge in [-0.05, 0) is 49.5 Å². The molecular weight excluding hydrogens is 316 g/mol. The number of hydrogen-bond donors (Lipinski definition) is 2. The summed E-state index contributed by atoms with van der Waals surface area (Å²) < 4.78 is 0. The topological polar surface area (TPSA) is 87.1 Å². The number of benzene rings is 1. The van der Waals surface area contributed by atoms with Crippen molar-refractivity contribution in [2.24, 2.45) is 0 Å². The van der Waals surface area contributed by atoms with Gasteiger partial charge in [0.05, 0.1) is 11.8 Å². The zero-order valence-electron chi connectivity index (χ0n) is 14.1. The average Bonchev–Trinajstić information content (AvgIpc) is 2.68. The first-order valence-corrected chi connectivity index (χ1v) is 8.43. The summed E-state index contributed by atoms with van der Waals surface area (Å²) in [5.41, 5.74) is 0.572. The molecule has 1 saturated heterocycles. The van der Waals surface area contributed by atoms with E-state index in [1.165, 1.54) is 0 Å². The van der Waals surface area contributed by atoms with Crippen LogP contribution in [-0.2, 0) is 0 Å². The standard InChI is InChI=1S/C18H20N6O/c1-24(14-3-6-19-7-4-14)17-11-21-18(23-22-17)15-8-12-2-5-20-10-13(12)9-16(15)25/h2,5,8-11,14,19,25H,3-4,6-7H2,1H3. The average molecular weight is 336 g/mol. The Hall–Kier alpha value is -2.80. The first-order chi connectivity index (χ1) is 12.2. The molecule has 128 valence electrons. The van der Waals surface area contributed by atoms with Crippen LogP contribution >= 0.6 is 0 Å². The van der Waals surface area contributed by atoms with Gasteiger partial charge in [0.25, 0.3) is 0 Å². The predicted octanol–water partition coefficient (Wildman–Crippen LogP) is 1.98. The van der Waals surface area contributed by atoms with Crippen LogP contribution in [0.15, 0.2) is 36.8 Å². The molecule has 0 amide bonds. The summed E-state index contributed by atoms with van der Waals surface area (Å²) in [6.07, 6.45) is 7.33. The summed E-state index contributed by atoms with van der Waals surface area (Å²) in [4.78, 5) is 10.6. The quantitative estimate of drug-likeness (QED) is 0.756. The third-order valence-corrected chi connectivity index (χ3v) is 4.76. The molecule has 3 heterocycles. The SMILES string of the molecule is CN(c1cnc(-c2cc3ccncc3cc2O)nn1)C1CCNCC1. The molecule has 0 unspecified atom stereocenters. The number of anilines is 1. The van der Waals surface area contributed by atoms with E-state index < -0.39 is 0 Å². The predicted molar refractivity (Wildman–Crippen MR) is 96.5 cm³/mol. The van der Waals surface area contributed by atoms with E-state index >= 15 is 0 Å². The van der Waals surface area contributed by atoms with E-state index in [0.717, 1.165) is 42.5 Å². The fraction of sp³-hybridized carbons (Fsp3) is 0.333. The first kappa shape index (κ1) is 15.7. The molecule has 0 saturated carbocycles. The van der Waals surface area contributed by atoms with E-state index in [4.69, 9.17) is 0 Å². The second-order valence-corrected chi connectivity index (χ2v) is 6.32. The molecule has 25 heavy (non-hydrogen) atoms. The molecule has 2 aromatic heterocycles. The number of nitrogens with one attached hydrogen (secondary N) is 1. The van der Waals surface area contributed by atoms with Gasteiger partial charge in [-0.2, -0.15) is 0 Å². The number of nitrogens with zero attached hydrogens (tertiary/aromatic N) is 5. The summed E-state index contributed by atoms with van der Waals surface area (Å²) >= 11 is 0. The zero-order valence-corrected chi connectivity index (χ0v) is 14.1. The Morgan fingerprint density at radius 1 is 1.12 bits per heavy atom. The normalized spacial score (nSPS) is 15.4. The lowest BCUT2D eigenvalue weighted by atomic mass is 10.1. The van der Waals surface area contributed by atoms with E-state index in [2.05, 4.69) is 30.4 Å². The zero-order chi connectivity index (χ0) is 17.2. The van der Waals surface area contributed by atoms with Crippen molar-refractivity contribution in [1.82, 2.24) is 25.5 Å². The van der Waals surface area contributed by atoms with Crippen LogP contribution in [0.5, 0.6) is 5.75 Å². The summed E-state index contributed by atoms with van der Waals surface area (Å²) in [7, 11) is 2.03. The summed E-state index contributed by atoms with van der Waals surface area (Å²) in [5, 5.41) is 24.1. The first-order valence-electron chi connectivity index (χ1n) is 8.43. The molecule has 2 N–H and O–H groups in total. The Labute approximate surface area is 145 Å². The second-order valence-electron chi connectivity index (χ2n) is 6.32. The highest BCUT2D eigenvalue weighted by Crippen LogP contribution is 2.31. The third kappa shape index (κ3) is 3.10. The Bertz CT molecular complexity index is 876. The monoisotopic (exact) mass is 336 g/mol. The van der Waals surface area contributed by atoms with Crippen molar-refractivity contribution in [3.8, 4) is 17.1 Å². The Kier molecular flexibility index (Phi) is 4.15. The third-order valence-electron chi connectivity index (χ3n) is 4.76. The highest BCUT2D eigenvalue weighted by Gasteiger charge is 2.20. The lowest BCUT2D eigenvalue weighted by Gasteiger charge is -2.31. The van der Waals surface area contributed by atoms with E-state index in [-0.39, 0.29) is 5.75 Å². The maximum Gasteiger partial charge on any atom is 0.185 e. The van der Waals surface area contributed by atoms with E-state index in [1.54, 1.807) is 24.7 Å². The Balaban J connectivity index is 1.62. The molecule has 1 fully saturated rings. The molecule has 0 bridgehead atoms. The molecule has 0 aliphatic carbocycles. The molecule has 1 aromatic carbocycles. The number of aromatic nitrogens is 4. The van der Waals surface area contributed by atoms with Gasteiger partial charge in [0.2, 0.25) is 0 Å². The minimum absolute atomic E-state index is 0.127. The van der Waals surface area contributed by atoms with Gasteiger partial charge in [0.15, 0.2) is 11.6 Å². The summed E-state index contributed by atoms with van der Waals surface area (Å²) in [6, 6.07) is 5.88. The van der Waals surface area contributed by atoms with Gasteiger partial charge < -0.3 is 15.3 Å². The number of pyridine rings is 1. The van der Waals surface area contributed by atoms with Crippen LogP contribution in [0, 0.1) is 0 Å². The minimum Gasteiger partial charge on any atom is -0.507 e. The van der Waals surface area contributed by atoms with Crippen molar-refractivity contribution in [3.05, 3.63) is 36.8 Å². The van der Waals surface area contributed by atoms with Crippen LogP contribution in [0.3, 0.4) is 0 Å². The molecule has 1 aliphatic rings. The molecule has 0 radical (unpaired) electrons. The highest BCUT2D eigenvalue weighted by molar-refractivity contribution is 5.88. The maximum atomic E-state index is 10.3. The van der Waals surface area contributed by atoms with Gasteiger partial charge >= 0.3 is 0 Å². The van der Waals surface area contributed by atoms with Gasteiger partial charge in [0.1, 0.15) is 5.75 Å². The van der Waals surface area contributed by atoms with Crippen LogP contribution in [0.4, 0.5) is 5.82 Å². The molecule has 0 spiro atoms. The maximum absolute atomic E-state index is 10.3. The number of rotatable bonds is 3. The Morgan fingerprint density at radius 2 is 1.96 bits per heavy atom. The van der Waals surface area contributed by atoms with Gasteiger partial charge in [-0.1, -0.05) is 0 Å². The number of aromatic hydroxyl groups is 1. The number of phenols is 1. The van der Waals surface area contributed by atoms with Crippen LogP contribution in [0.1, 0.15) is 12.8 Å². The lowest BCUT2D eigenvalue weighted by Crippen LogP contribution is -2.41. The number of fused-ring (bicyclic) bond motifs is 1. The fourth-order valence-corrected chi connectivity index (χ4v) is 3.24. The van der Waals surface area contributed by atoms with Gasteiger partial charge in [0, 0.05) is 30.9 Å². The molecule has 0 atom stereocenters. The van der Waals surface area contributed by atoms with Crippen molar-refractivity contribution in [1.29, 1.82) is 0 Å². The molecule has 3 aromatic rings. The summed E-state index contributed by atoms with van der Waals surface area (Å²) in [6.45, 7) is 2.04. The number of hydrogen-bond acceptors (Lipinski definition) is 7. The van der Waals surface area contributed by atoms with E-state index in [0.29, 0.717) is 17.4 Å². The number of piperidine rings is 1. The van der Waals surface area contributed by atoms with E-state index in [9.17, 15) is 5.11 Å². The molecule has 7 heteroatoms. The molecule has 1 aliphatic heterocycles. The molecule has 7 nitrogen and oxygen atoms in total. The summed E-state index contributed by atoms with van der Waals surface area (Å²) in [5.74, 6) is 1.29. The fourth-order valence-electron chi connectivity index (χ4n) is 3.24. The smallest absolute Gasteiger partial charge is 0.185 e. The molecular formula is C18H20N6O. The second kappa shape index (κ2) is 6.60. The van der Waals surface area contributed by atoms with Crippen LogP contribution in [-0.4, -0.2) is 51.5 Å². The van der Waals surface area contributed by atoms with Crippen LogP contribution in [0.2, 0.25) is 0 Å². The van der Waals surface area contributed by atoms with Crippen molar-refractivity contribution in [2.75, 3.05) is 25.0 Å². The van der Waals surface area contributed by atoms with Crippen LogP contribution in [0.25, 0.3) is 22.2 Å². The largest absolute Gasteiger partial charge is 0.507 e. The van der Waals surface area contributed by atoms with Gasteiger partial charge in [-0.3, -0.25) is 4.98 Å². The number of phenolic OH excluding ortho intramolecular Hbond substituents is 1. The van der Waals surface area contributed by atoms with Crippen molar-refractivity contribution in [2.45, 2.75) is 18.9 Å². The minimum atomic E-state index is 0.127.